The molecule has 0 bridgehead atoms. The zero-order valence-electron chi connectivity index (χ0n) is 13.8. The van der Waals surface area contributed by atoms with Crippen LogP contribution in [0.5, 0.6) is 0 Å². The van der Waals surface area contributed by atoms with E-state index in [4.69, 9.17) is 11.6 Å². The first-order valence-electron chi connectivity index (χ1n) is 7.92. The fourth-order valence-electron chi connectivity index (χ4n) is 2.95. The van der Waals surface area contributed by atoms with Crippen molar-refractivity contribution in [1.29, 1.82) is 0 Å². The summed E-state index contributed by atoms with van der Waals surface area (Å²) in [5.74, 6) is -0.878. The maximum atomic E-state index is 12.4. The number of nitrogens with zero attached hydrogens (tertiary/aromatic N) is 3. The van der Waals surface area contributed by atoms with Crippen LogP contribution in [0, 0.1) is 5.41 Å². The number of likely N-dealkylation sites (tertiary alicyclic amines) is 1. The standard InChI is InChI=1S/C17H19ClN4O3/c1-17(15(23)24)5-7-21(10-17)16(25)20-9-12-13(18)3-2-4-14(12)22-8-6-19-11-22/h2-4,6,8,11H,5,7,9-10H2,1H3,(H,20,25)(H,23,24). The molecule has 3 rings (SSSR count). The second-order valence-corrected chi connectivity index (χ2v) is 6.81. The Morgan fingerprint density at radius 3 is 2.88 bits per heavy atom. The maximum Gasteiger partial charge on any atom is 0.317 e. The first-order chi connectivity index (χ1) is 11.9. The number of hydrogen-bond acceptors (Lipinski definition) is 3. The summed E-state index contributed by atoms with van der Waals surface area (Å²) in [5, 5.41) is 12.7. The van der Waals surface area contributed by atoms with Gasteiger partial charge in [-0.25, -0.2) is 9.78 Å². The number of halogens is 1. The molecule has 1 fully saturated rings. The van der Waals surface area contributed by atoms with Gasteiger partial charge in [0, 0.05) is 42.6 Å². The maximum absolute atomic E-state index is 12.4. The molecule has 1 aromatic heterocycles. The van der Waals surface area contributed by atoms with E-state index in [1.807, 2.05) is 16.7 Å². The Bertz CT molecular complexity index is 793. The molecule has 0 aliphatic carbocycles. The fourth-order valence-corrected chi connectivity index (χ4v) is 3.19. The largest absolute Gasteiger partial charge is 0.481 e. The number of rotatable bonds is 4. The van der Waals surface area contributed by atoms with Gasteiger partial charge >= 0.3 is 12.0 Å². The average molecular weight is 363 g/mol. The van der Waals surface area contributed by atoms with E-state index in [0.717, 1.165) is 11.3 Å². The summed E-state index contributed by atoms with van der Waals surface area (Å²) in [7, 11) is 0. The van der Waals surface area contributed by atoms with Crippen LogP contribution in [0.15, 0.2) is 36.9 Å². The lowest BCUT2D eigenvalue weighted by atomic mass is 9.90. The summed E-state index contributed by atoms with van der Waals surface area (Å²) in [4.78, 5) is 29.3. The van der Waals surface area contributed by atoms with Gasteiger partial charge in [-0.2, -0.15) is 0 Å². The van der Waals surface area contributed by atoms with Crippen molar-refractivity contribution >= 4 is 23.6 Å². The summed E-state index contributed by atoms with van der Waals surface area (Å²) >= 11 is 6.30. The summed E-state index contributed by atoms with van der Waals surface area (Å²) in [6, 6.07) is 5.20. The van der Waals surface area contributed by atoms with Crippen LogP contribution in [-0.2, 0) is 11.3 Å². The van der Waals surface area contributed by atoms with Crippen LogP contribution in [0.3, 0.4) is 0 Å². The number of carboxylic acids is 1. The van der Waals surface area contributed by atoms with Gasteiger partial charge in [0.2, 0.25) is 0 Å². The number of nitrogens with one attached hydrogen (secondary N) is 1. The van der Waals surface area contributed by atoms with Crippen molar-refractivity contribution in [3.05, 3.63) is 47.5 Å². The number of amides is 2. The van der Waals surface area contributed by atoms with Gasteiger partial charge in [-0.1, -0.05) is 17.7 Å². The van der Waals surface area contributed by atoms with E-state index in [0.29, 0.717) is 18.0 Å². The van der Waals surface area contributed by atoms with E-state index >= 15 is 0 Å². The lowest BCUT2D eigenvalue weighted by Gasteiger charge is -2.21. The normalized spacial score (nSPS) is 19.8. The number of carbonyl (C=O) groups excluding carboxylic acids is 1. The minimum Gasteiger partial charge on any atom is -0.481 e. The third-order valence-electron chi connectivity index (χ3n) is 4.57. The van der Waals surface area contributed by atoms with Crippen LogP contribution in [0.4, 0.5) is 4.79 Å². The van der Waals surface area contributed by atoms with Crippen LogP contribution in [0.1, 0.15) is 18.9 Å². The minimum atomic E-state index is -0.885. The Balaban J connectivity index is 1.71. The zero-order valence-corrected chi connectivity index (χ0v) is 14.5. The topological polar surface area (TPSA) is 87.5 Å². The predicted molar refractivity (Wildman–Crippen MR) is 92.7 cm³/mol. The quantitative estimate of drug-likeness (QED) is 0.874. The van der Waals surface area contributed by atoms with E-state index in [-0.39, 0.29) is 19.1 Å². The lowest BCUT2D eigenvalue weighted by molar-refractivity contribution is -0.147. The van der Waals surface area contributed by atoms with Crippen molar-refractivity contribution in [3.63, 3.8) is 0 Å². The van der Waals surface area contributed by atoms with E-state index in [1.165, 1.54) is 4.90 Å². The Kier molecular flexibility index (Phi) is 4.67. The molecule has 1 atom stereocenters. The Morgan fingerprint density at radius 2 is 2.24 bits per heavy atom. The van der Waals surface area contributed by atoms with Crippen LogP contribution in [0.2, 0.25) is 5.02 Å². The molecule has 1 unspecified atom stereocenters. The third-order valence-corrected chi connectivity index (χ3v) is 4.92. The number of carboxylic acid groups (broad SMARTS) is 1. The molecule has 2 aromatic rings. The van der Waals surface area contributed by atoms with E-state index in [1.54, 1.807) is 31.7 Å². The zero-order chi connectivity index (χ0) is 18.0. The van der Waals surface area contributed by atoms with Gasteiger partial charge in [0.15, 0.2) is 0 Å². The van der Waals surface area contributed by atoms with E-state index in [9.17, 15) is 14.7 Å². The molecule has 0 radical (unpaired) electrons. The molecule has 1 saturated heterocycles. The molecule has 132 valence electrons. The van der Waals surface area contributed by atoms with Crippen LogP contribution in [-0.4, -0.2) is 44.6 Å². The first kappa shape index (κ1) is 17.3. The third kappa shape index (κ3) is 3.46. The molecule has 1 aromatic carbocycles. The second-order valence-electron chi connectivity index (χ2n) is 6.40. The Hall–Kier alpha value is -2.54. The second kappa shape index (κ2) is 6.76. The van der Waals surface area contributed by atoms with Crippen molar-refractivity contribution in [2.45, 2.75) is 19.9 Å². The molecule has 0 saturated carbocycles. The summed E-state index contributed by atoms with van der Waals surface area (Å²) < 4.78 is 1.82. The number of aliphatic carboxylic acids is 1. The Labute approximate surface area is 150 Å². The fraction of sp³-hybridized carbons (Fsp3) is 0.353. The van der Waals surface area contributed by atoms with E-state index in [2.05, 4.69) is 10.3 Å². The number of imidazole rings is 1. The number of aromatic nitrogens is 2. The van der Waals surface area contributed by atoms with Gasteiger partial charge in [-0.15, -0.1) is 0 Å². The molecule has 1 aliphatic rings. The van der Waals surface area contributed by atoms with Crippen molar-refractivity contribution in [2.75, 3.05) is 13.1 Å². The minimum absolute atomic E-state index is 0.199. The molecule has 25 heavy (non-hydrogen) atoms. The number of benzene rings is 1. The van der Waals surface area contributed by atoms with Gasteiger partial charge in [-0.3, -0.25) is 4.79 Å². The van der Waals surface area contributed by atoms with Crippen LogP contribution >= 0.6 is 11.6 Å². The van der Waals surface area contributed by atoms with Gasteiger partial charge in [-0.05, 0) is 25.5 Å². The molecule has 2 amide bonds. The molecule has 2 heterocycles. The number of urea groups is 1. The molecule has 0 spiro atoms. The van der Waals surface area contributed by atoms with Gasteiger partial charge in [0.05, 0.1) is 17.4 Å². The van der Waals surface area contributed by atoms with Crippen molar-refractivity contribution < 1.29 is 14.7 Å². The monoisotopic (exact) mass is 362 g/mol. The SMILES string of the molecule is CC1(C(=O)O)CCN(C(=O)NCc2c(Cl)cccc2-n2ccnc2)C1. The molecule has 1 aliphatic heterocycles. The number of hydrogen-bond donors (Lipinski definition) is 2. The first-order valence-corrected chi connectivity index (χ1v) is 8.30. The summed E-state index contributed by atoms with van der Waals surface area (Å²) in [5.41, 5.74) is 0.724. The number of carbonyl (C=O) groups is 2. The highest BCUT2D eigenvalue weighted by Gasteiger charge is 2.42. The van der Waals surface area contributed by atoms with Gasteiger partial charge in [0.25, 0.3) is 0 Å². The van der Waals surface area contributed by atoms with Gasteiger partial charge in [0.1, 0.15) is 0 Å². The summed E-state index contributed by atoms with van der Waals surface area (Å²) in [6.07, 6.45) is 5.58. The molecule has 7 nitrogen and oxygen atoms in total. The van der Waals surface area contributed by atoms with E-state index < -0.39 is 11.4 Å². The van der Waals surface area contributed by atoms with Gasteiger partial charge < -0.3 is 19.9 Å². The highest BCUT2D eigenvalue weighted by atomic mass is 35.5. The lowest BCUT2D eigenvalue weighted by Crippen LogP contribution is -2.40. The molecule has 2 N–H and O–H groups in total. The predicted octanol–water partition coefficient (Wildman–Crippen LogP) is 2.53. The van der Waals surface area contributed by atoms with Crippen LogP contribution in [0.25, 0.3) is 5.69 Å². The highest BCUT2D eigenvalue weighted by molar-refractivity contribution is 6.31. The molecular weight excluding hydrogens is 344 g/mol. The summed E-state index contributed by atoms with van der Waals surface area (Å²) in [6.45, 7) is 2.52. The van der Waals surface area contributed by atoms with Crippen molar-refractivity contribution in [3.8, 4) is 5.69 Å². The molecule has 8 heteroatoms. The Morgan fingerprint density at radius 1 is 1.44 bits per heavy atom. The average Bonchev–Trinajstić information content (AvgIpc) is 3.23. The van der Waals surface area contributed by atoms with Crippen molar-refractivity contribution in [2.24, 2.45) is 5.41 Å². The smallest absolute Gasteiger partial charge is 0.317 e. The van der Waals surface area contributed by atoms with Crippen molar-refractivity contribution in [1.82, 2.24) is 19.8 Å². The highest BCUT2D eigenvalue weighted by Crippen LogP contribution is 2.30. The van der Waals surface area contributed by atoms with Crippen LogP contribution < -0.4 is 5.32 Å². The molecular formula is C17H19ClN4O3.